The number of halogens is 3. The fourth-order valence-corrected chi connectivity index (χ4v) is 4.36. The van der Waals surface area contributed by atoms with Crippen molar-refractivity contribution in [2.75, 3.05) is 32.7 Å². The van der Waals surface area contributed by atoms with Gasteiger partial charge in [0.1, 0.15) is 0 Å². The van der Waals surface area contributed by atoms with Crippen LogP contribution in [-0.2, 0) is 21.0 Å². The van der Waals surface area contributed by atoms with E-state index in [0.29, 0.717) is 13.1 Å². The van der Waals surface area contributed by atoms with Gasteiger partial charge in [0.25, 0.3) is 5.91 Å². The Bertz CT molecular complexity index is 785. The Balaban J connectivity index is 1.95. The molecule has 0 radical (unpaired) electrons. The SMILES string of the molecule is CCC(C)(C)NC(=O)C[NH+]1CCN(S(=O)(=O)c2ccc(C(F)(F)F)cc2)CC1. The van der Waals surface area contributed by atoms with Crippen molar-refractivity contribution >= 4 is 15.9 Å². The van der Waals surface area contributed by atoms with Gasteiger partial charge in [-0.3, -0.25) is 4.79 Å². The summed E-state index contributed by atoms with van der Waals surface area (Å²) in [5, 5.41) is 2.95. The number of rotatable bonds is 6. The lowest BCUT2D eigenvalue weighted by atomic mass is 10.0. The van der Waals surface area contributed by atoms with Gasteiger partial charge in [0.05, 0.1) is 36.6 Å². The van der Waals surface area contributed by atoms with Crippen LogP contribution in [0.15, 0.2) is 29.2 Å². The second-order valence-electron chi connectivity index (χ2n) is 7.64. The summed E-state index contributed by atoms with van der Waals surface area (Å²) in [4.78, 5) is 13.0. The Kier molecular flexibility index (Phi) is 6.78. The van der Waals surface area contributed by atoms with Crippen LogP contribution >= 0.6 is 0 Å². The Hall–Kier alpha value is -1.65. The minimum atomic E-state index is -4.51. The number of carbonyl (C=O) groups excluding carboxylic acids is 1. The van der Waals surface area contributed by atoms with E-state index in [4.69, 9.17) is 0 Å². The molecule has 1 fully saturated rings. The Labute approximate surface area is 163 Å². The van der Waals surface area contributed by atoms with E-state index in [0.717, 1.165) is 35.6 Å². The predicted molar refractivity (Wildman–Crippen MR) is 98.3 cm³/mol. The van der Waals surface area contributed by atoms with Gasteiger partial charge in [-0.05, 0) is 44.5 Å². The summed E-state index contributed by atoms with van der Waals surface area (Å²) in [6.45, 7) is 7.46. The molecule has 2 N–H and O–H groups in total. The fourth-order valence-electron chi connectivity index (χ4n) is 2.92. The third-order valence-electron chi connectivity index (χ3n) is 5.02. The van der Waals surface area contributed by atoms with Crippen molar-refractivity contribution in [2.24, 2.45) is 0 Å². The molecule has 6 nitrogen and oxygen atoms in total. The van der Waals surface area contributed by atoms with E-state index in [-0.39, 0.29) is 36.0 Å². The number of piperazine rings is 1. The van der Waals surface area contributed by atoms with Gasteiger partial charge in [0.15, 0.2) is 6.54 Å². The molecule has 0 atom stereocenters. The van der Waals surface area contributed by atoms with Gasteiger partial charge in [0, 0.05) is 5.54 Å². The van der Waals surface area contributed by atoms with E-state index >= 15 is 0 Å². The molecule has 158 valence electrons. The van der Waals surface area contributed by atoms with E-state index in [1.165, 1.54) is 4.31 Å². The first-order valence-electron chi connectivity index (χ1n) is 9.17. The number of nitrogens with one attached hydrogen (secondary N) is 2. The van der Waals surface area contributed by atoms with Crippen molar-refractivity contribution in [1.29, 1.82) is 0 Å². The van der Waals surface area contributed by atoms with Crippen molar-refractivity contribution in [3.8, 4) is 0 Å². The van der Waals surface area contributed by atoms with Crippen LogP contribution in [0.5, 0.6) is 0 Å². The maximum absolute atomic E-state index is 12.7. The average molecular weight is 422 g/mol. The summed E-state index contributed by atoms with van der Waals surface area (Å²) >= 11 is 0. The van der Waals surface area contributed by atoms with E-state index in [1.54, 1.807) is 0 Å². The minimum absolute atomic E-state index is 0.0825. The molecule has 28 heavy (non-hydrogen) atoms. The standard InChI is InChI=1S/C18H26F3N3O3S/c1-4-17(2,3)22-16(25)13-23-9-11-24(12-10-23)28(26,27)15-7-5-14(6-8-15)18(19,20)21/h5-8H,4,9-13H2,1-3H3,(H,22,25)/p+1. The molecule has 1 aliphatic heterocycles. The maximum atomic E-state index is 12.7. The summed E-state index contributed by atoms with van der Waals surface area (Å²) in [5.74, 6) is -0.0825. The lowest BCUT2D eigenvalue weighted by molar-refractivity contribution is -0.895. The first kappa shape index (κ1) is 22.6. The number of benzene rings is 1. The molecule has 0 aromatic heterocycles. The lowest BCUT2D eigenvalue weighted by Gasteiger charge is -2.32. The zero-order chi connectivity index (χ0) is 21.2. The van der Waals surface area contributed by atoms with Crippen molar-refractivity contribution in [3.05, 3.63) is 29.8 Å². The number of amides is 1. The fraction of sp³-hybridized carbons (Fsp3) is 0.611. The molecule has 1 heterocycles. The number of alkyl halides is 3. The Morgan fingerprint density at radius 2 is 1.68 bits per heavy atom. The van der Waals surface area contributed by atoms with Crippen molar-refractivity contribution in [1.82, 2.24) is 9.62 Å². The highest BCUT2D eigenvalue weighted by Crippen LogP contribution is 2.30. The zero-order valence-corrected chi connectivity index (χ0v) is 17.1. The highest BCUT2D eigenvalue weighted by molar-refractivity contribution is 7.89. The van der Waals surface area contributed by atoms with Crippen LogP contribution in [0.3, 0.4) is 0 Å². The van der Waals surface area contributed by atoms with E-state index in [2.05, 4.69) is 5.32 Å². The van der Waals surface area contributed by atoms with Crippen LogP contribution in [0.2, 0.25) is 0 Å². The van der Waals surface area contributed by atoms with Gasteiger partial charge in [0.2, 0.25) is 10.0 Å². The van der Waals surface area contributed by atoms with Gasteiger partial charge in [-0.15, -0.1) is 0 Å². The van der Waals surface area contributed by atoms with Crippen LogP contribution in [-0.4, -0.2) is 56.9 Å². The molecule has 10 heteroatoms. The number of sulfonamides is 1. The Morgan fingerprint density at radius 3 is 2.14 bits per heavy atom. The molecule has 1 saturated heterocycles. The first-order valence-corrected chi connectivity index (χ1v) is 10.6. The normalized spacial score (nSPS) is 17.5. The van der Waals surface area contributed by atoms with Gasteiger partial charge in [-0.2, -0.15) is 17.5 Å². The van der Waals surface area contributed by atoms with Crippen LogP contribution in [0.4, 0.5) is 13.2 Å². The van der Waals surface area contributed by atoms with E-state index < -0.39 is 21.8 Å². The molecule has 0 spiro atoms. The smallest absolute Gasteiger partial charge is 0.346 e. The number of hydrogen-bond acceptors (Lipinski definition) is 3. The van der Waals surface area contributed by atoms with Crippen LogP contribution in [0.25, 0.3) is 0 Å². The van der Waals surface area contributed by atoms with Crippen molar-refractivity contribution < 1.29 is 31.3 Å². The van der Waals surface area contributed by atoms with Gasteiger partial charge in [-0.25, -0.2) is 8.42 Å². The van der Waals surface area contributed by atoms with Gasteiger partial charge < -0.3 is 10.2 Å². The molecule has 0 aliphatic carbocycles. The van der Waals surface area contributed by atoms with Gasteiger partial charge >= 0.3 is 6.18 Å². The number of nitrogens with zero attached hydrogens (tertiary/aromatic N) is 1. The monoisotopic (exact) mass is 422 g/mol. The summed E-state index contributed by atoms with van der Waals surface area (Å²) in [7, 11) is -3.86. The van der Waals surface area contributed by atoms with Crippen LogP contribution in [0, 0.1) is 0 Å². The first-order chi connectivity index (χ1) is 12.8. The average Bonchev–Trinajstić information content (AvgIpc) is 2.61. The molecule has 0 bridgehead atoms. The topological polar surface area (TPSA) is 70.9 Å². The predicted octanol–water partition coefficient (Wildman–Crippen LogP) is 0.899. The highest BCUT2D eigenvalue weighted by Gasteiger charge is 2.34. The van der Waals surface area contributed by atoms with Crippen molar-refractivity contribution in [3.63, 3.8) is 0 Å². The molecule has 1 amide bonds. The second-order valence-corrected chi connectivity index (χ2v) is 9.58. The molecular weight excluding hydrogens is 395 g/mol. The summed E-state index contributed by atoms with van der Waals surface area (Å²) < 4.78 is 64.5. The van der Waals surface area contributed by atoms with Gasteiger partial charge in [-0.1, -0.05) is 6.92 Å². The Morgan fingerprint density at radius 1 is 1.14 bits per heavy atom. The van der Waals surface area contributed by atoms with E-state index in [9.17, 15) is 26.4 Å². The summed E-state index contributed by atoms with van der Waals surface area (Å²) in [5.41, 5.74) is -1.17. The quantitative estimate of drug-likeness (QED) is 0.716. The zero-order valence-electron chi connectivity index (χ0n) is 16.3. The third kappa shape index (κ3) is 5.68. The maximum Gasteiger partial charge on any atom is 0.416 e. The highest BCUT2D eigenvalue weighted by atomic mass is 32.2. The molecule has 0 saturated carbocycles. The summed E-state index contributed by atoms with van der Waals surface area (Å²) in [6.07, 6.45) is -3.71. The molecular formula is C18H27F3N3O3S+. The minimum Gasteiger partial charge on any atom is -0.346 e. The second kappa shape index (κ2) is 8.38. The largest absolute Gasteiger partial charge is 0.416 e. The third-order valence-corrected chi connectivity index (χ3v) is 6.93. The molecule has 1 aliphatic rings. The lowest BCUT2D eigenvalue weighted by Crippen LogP contribution is -3.16. The number of quaternary nitrogens is 1. The molecule has 1 aromatic carbocycles. The number of hydrogen-bond donors (Lipinski definition) is 2. The molecule has 2 rings (SSSR count). The van der Waals surface area contributed by atoms with Crippen LogP contribution < -0.4 is 10.2 Å². The molecule has 0 unspecified atom stereocenters. The number of carbonyl (C=O) groups is 1. The summed E-state index contributed by atoms with van der Waals surface area (Å²) in [6, 6.07) is 3.51. The van der Waals surface area contributed by atoms with Crippen molar-refractivity contribution in [2.45, 2.75) is 43.8 Å². The van der Waals surface area contributed by atoms with Crippen LogP contribution in [0.1, 0.15) is 32.8 Å². The molecule has 1 aromatic rings. The van der Waals surface area contributed by atoms with E-state index in [1.807, 2.05) is 20.8 Å².